The number of fused-ring (bicyclic) bond motifs is 1. The van der Waals surface area contributed by atoms with Crippen LogP contribution < -0.4 is 15.6 Å². The van der Waals surface area contributed by atoms with E-state index in [0.29, 0.717) is 12.3 Å². The standard InChI is InChI=1S/C23H26N2O3/c1-5-28-17-9-6-15(7-10-17)12-21(26)24-16-8-11-18-19(23(2,3)4)14-22(27)25-20(18)13-16/h6-11,13-14H,5,12H2,1-4H3,(H,24,26)(H,25,27). The van der Waals surface area contributed by atoms with Gasteiger partial charge >= 0.3 is 0 Å². The molecule has 146 valence electrons. The molecule has 0 aliphatic heterocycles. The van der Waals surface area contributed by atoms with Crippen molar-refractivity contribution in [1.82, 2.24) is 4.98 Å². The molecule has 0 aliphatic rings. The SMILES string of the molecule is CCOc1ccc(CC(=O)Nc2ccc3c(C(C)(C)C)cc(=O)[nH]c3c2)cc1. The van der Waals surface area contributed by atoms with Crippen LogP contribution in [0.1, 0.15) is 38.8 Å². The molecule has 0 saturated carbocycles. The lowest BCUT2D eigenvalue weighted by molar-refractivity contribution is -0.115. The van der Waals surface area contributed by atoms with Crippen LogP contribution in [0.2, 0.25) is 0 Å². The summed E-state index contributed by atoms with van der Waals surface area (Å²) in [5.41, 5.74) is 2.98. The van der Waals surface area contributed by atoms with Crippen molar-refractivity contribution < 1.29 is 9.53 Å². The minimum Gasteiger partial charge on any atom is -0.494 e. The molecule has 0 aliphatic carbocycles. The van der Waals surface area contributed by atoms with Crippen LogP contribution in [0.15, 0.2) is 53.3 Å². The number of ether oxygens (including phenoxy) is 1. The van der Waals surface area contributed by atoms with Gasteiger partial charge in [0.05, 0.1) is 18.5 Å². The number of hydrogen-bond donors (Lipinski definition) is 2. The molecule has 0 spiro atoms. The van der Waals surface area contributed by atoms with Crippen LogP contribution >= 0.6 is 0 Å². The van der Waals surface area contributed by atoms with Crippen molar-refractivity contribution in [2.24, 2.45) is 0 Å². The van der Waals surface area contributed by atoms with Gasteiger partial charge in [0.15, 0.2) is 0 Å². The van der Waals surface area contributed by atoms with Gasteiger partial charge in [-0.1, -0.05) is 39.0 Å². The Hall–Kier alpha value is -3.08. The normalized spacial score (nSPS) is 11.4. The van der Waals surface area contributed by atoms with Crippen LogP contribution in [0.3, 0.4) is 0 Å². The number of hydrogen-bond acceptors (Lipinski definition) is 3. The molecule has 2 N–H and O–H groups in total. The molecule has 5 heteroatoms. The molecule has 3 aromatic rings. The number of benzene rings is 2. The monoisotopic (exact) mass is 378 g/mol. The molecule has 0 atom stereocenters. The molecule has 0 unspecified atom stereocenters. The van der Waals surface area contributed by atoms with E-state index in [0.717, 1.165) is 27.8 Å². The molecule has 1 amide bonds. The number of pyridine rings is 1. The molecule has 0 bridgehead atoms. The van der Waals surface area contributed by atoms with Gasteiger partial charge in [-0.15, -0.1) is 0 Å². The quantitative estimate of drug-likeness (QED) is 0.691. The summed E-state index contributed by atoms with van der Waals surface area (Å²) >= 11 is 0. The van der Waals surface area contributed by atoms with Crippen molar-refractivity contribution in [2.45, 2.75) is 39.5 Å². The van der Waals surface area contributed by atoms with Crippen molar-refractivity contribution in [1.29, 1.82) is 0 Å². The Morgan fingerprint density at radius 3 is 2.43 bits per heavy atom. The fourth-order valence-corrected chi connectivity index (χ4v) is 3.22. The van der Waals surface area contributed by atoms with Gasteiger partial charge < -0.3 is 15.0 Å². The van der Waals surface area contributed by atoms with Crippen LogP contribution in [0, 0.1) is 0 Å². The Kier molecular flexibility index (Phi) is 5.54. The maximum atomic E-state index is 12.4. The second-order valence-electron chi connectivity index (χ2n) is 7.86. The number of carbonyl (C=O) groups is 1. The fraction of sp³-hybridized carbons (Fsp3) is 0.304. The molecule has 0 radical (unpaired) electrons. The third-order valence-corrected chi connectivity index (χ3v) is 4.53. The van der Waals surface area contributed by atoms with Crippen molar-refractivity contribution in [3.05, 3.63) is 70.0 Å². The summed E-state index contributed by atoms with van der Waals surface area (Å²) in [5.74, 6) is 0.678. The first-order chi connectivity index (χ1) is 13.3. The van der Waals surface area contributed by atoms with Crippen LogP contribution in [0.25, 0.3) is 10.9 Å². The Morgan fingerprint density at radius 1 is 1.07 bits per heavy atom. The van der Waals surface area contributed by atoms with E-state index in [1.54, 1.807) is 6.07 Å². The minimum absolute atomic E-state index is 0.113. The zero-order valence-electron chi connectivity index (χ0n) is 16.8. The highest BCUT2D eigenvalue weighted by Gasteiger charge is 2.18. The highest BCUT2D eigenvalue weighted by atomic mass is 16.5. The smallest absolute Gasteiger partial charge is 0.248 e. The predicted molar refractivity (Wildman–Crippen MR) is 113 cm³/mol. The summed E-state index contributed by atoms with van der Waals surface area (Å²) in [7, 11) is 0. The predicted octanol–water partition coefficient (Wildman–Crippen LogP) is 4.41. The summed E-state index contributed by atoms with van der Waals surface area (Å²) in [5, 5.41) is 3.89. The summed E-state index contributed by atoms with van der Waals surface area (Å²) < 4.78 is 5.42. The fourth-order valence-electron chi connectivity index (χ4n) is 3.22. The van der Waals surface area contributed by atoms with Crippen molar-refractivity contribution in [3.8, 4) is 5.75 Å². The maximum Gasteiger partial charge on any atom is 0.248 e. The van der Waals surface area contributed by atoms with Gasteiger partial charge in [0.1, 0.15) is 5.75 Å². The number of H-pyrrole nitrogens is 1. The number of nitrogens with one attached hydrogen (secondary N) is 2. The lowest BCUT2D eigenvalue weighted by atomic mass is 9.85. The molecule has 5 nitrogen and oxygen atoms in total. The molecule has 1 heterocycles. The van der Waals surface area contributed by atoms with E-state index in [2.05, 4.69) is 31.1 Å². The van der Waals surface area contributed by atoms with Crippen LogP contribution in [-0.2, 0) is 16.6 Å². The van der Waals surface area contributed by atoms with Crippen molar-refractivity contribution in [3.63, 3.8) is 0 Å². The largest absolute Gasteiger partial charge is 0.494 e. The molecular formula is C23H26N2O3. The lowest BCUT2D eigenvalue weighted by Gasteiger charge is -2.21. The van der Waals surface area contributed by atoms with E-state index in [1.165, 1.54) is 0 Å². The van der Waals surface area contributed by atoms with E-state index < -0.39 is 0 Å². The first kappa shape index (κ1) is 19.7. The van der Waals surface area contributed by atoms with E-state index in [9.17, 15) is 9.59 Å². The number of amides is 1. The van der Waals surface area contributed by atoms with Gasteiger partial charge in [-0.05, 0) is 47.7 Å². The summed E-state index contributed by atoms with van der Waals surface area (Å²) in [6, 6.07) is 14.8. The minimum atomic E-state index is -0.148. The maximum absolute atomic E-state index is 12.4. The van der Waals surface area contributed by atoms with Crippen LogP contribution in [0.4, 0.5) is 5.69 Å². The Bertz CT molecular complexity index is 1040. The zero-order chi connectivity index (χ0) is 20.3. The van der Waals surface area contributed by atoms with Gasteiger partial charge in [0.2, 0.25) is 11.5 Å². The second-order valence-corrected chi connectivity index (χ2v) is 7.86. The van der Waals surface area contributed by atoms with Crippen LogP contribution in [0.5, 0.6) is 5.75 Å². The van der Waals surface area contributed by atoms with Crippen molar-refractivity contribution in [2.75, 3.05) is 11.9 Å². The van der Waals surface area contributed by atoms with Gasteiger partial charge in [-0.3, -0.25) is 9.59 Å². The number of rotatable bonds is 5. The molecule has 1 aromatic heterocycles. The first-order valence-electron chi connectivity index (χ1n) is 9.45. The number of carbonyl (C=O) groups excluding carboxylic acids is 1. The van der Waals surface area contributed by atoms with Crippen LogP contribution in [-0.4, -0.2) is 17.5 Å². The number of aromatic amines is 1. The third-order valence-electron chi connectivity index (χ3n) is 4.53. The molecule has 0 saturated heterocycles. The Labute approximate surface area is 164 Å². The Morgan fingerprint density at radius 2 is 1.79 bits per heavy atom. The third kappa shape index (κ3) is 4.60. The Balaban J connectivity index is 1.78. The summed E-state index contributed by atoms with van der Waals surface area (Å²) in [4.78, 5) is 27.3. The van der Waals surface area contributed by atoms with Gasteiger partial charge in [0.25, 0.3) is 0 Å². The van der Waals surface area contributed by atoms with E-state index in [4.69, 9.17) is 4.74 Å². The second kappa shape index (κ2) is 7.89. The number of aromatic nitrogens is 1. The average Bonchev–Trinajstić information content (AvgIpc) is 2.62. The highest BCUT2D eigenvalue weighted by Crippen LogP contribution is 2.29. The zero-order valence-corrected chi connectivity index (χ0v) is 16.8. The van der Waals surface area contributed by atoms with Gasteiger partial charge in [-0.2, -0.15) is 0 Å². The van der Waals surface area contributed by atoms with Crippen molar-refractivity contribution >= 4 is 22.5 Å². The number of anilines is 1. The topological polar surface area (TPSA) is 71.2 Å². The highest BCUT2D eigenvalue weighted by molar-refractivity contribution is 5.95. The first-order valence-corrected chi connectivity index (χ1v) is 9.45. The molecule has 3 rings (SSSR count). The summed E-state index contributed by atoms with van der Waals surface area (Å²) in [6.45, 7) is 8.78. The van der Waals surface area contributed by atoms with Gasteiger partial charge in [0, 0.05) is 17.1 Å². The van der Waals surface area contributed by atoms with Gasteiger partial charge in [-0.25, -0.2) is 0 Å². The lowest BCUT2D eigenvalue weighted by Crippen LogP contribution is -2.18. The van der Waals surface area contributed by atoms with E-state index >= 15 is 0 Å². The average molecular weight is 378 g/mol. The van der Waals surface area contributed by atoms with E-state index in [-0.39, 0.29) is 23.3 Å². The van der Waals surface area contributed by atoms with E-state index in [1.807, 2.05) is 49.4 Å². The molecule has 28 heavy (non-hydrogen) atoms. The molecule has 2 aromatic carbocycles. The molecule has 0 fully saturated rings. The summed E-state index contributed by atoms with van der Waals surface area (Å²) in [6.07, 6.45) is 0.267. The molecular weight excluding hydrogens is 352 g/mol.